The first-order valence-corrected chi connectivity index (χ1v) is 6.97. The van der Waals surface area contributed by atoms with E-state index in [4.69, 9.17) is 20.0 Å². The second kappa shape index (κ2) is 8.11. The van der Waals surface area contributed by atoms with Gasteiger partial charge >= 0.3 is 11.9 Å². The third-order valence-corrected chi connectivity index (χ3v) is 3.02. The predicted octanol–water partition coefficient (Wildman–Crippen LogP) is 2.48. The van der Waals surface area contributed by atoms with Crippen molar-refractivity contribution in [2.24, 2.45) is 0 Å². The zero-order chi connectivity index (χ0) is 17.4. The Morgan fingerprint density at radius 1 is 0.708 bits per heavy atom. The number of benzene rings is 2. The van der Waals surface area contributed by atoms with Gasteiger partial charge in [0.25, 0.3) is 0 Å². The first-order chi connectivity index (χ1) is 11.7. The maximum atomic E-state index is 12.0. The van der Waals surface area contributed by atoms with Gasteiger partial charge in [0.05, 0.1) is 11.1 Å². The summed E-state index contributed by atoms with van der Waals surface area (Å²) >= 11 is 0. The third kappa shape index (κ3) is 4.19. The number of hydrogen-bond acceptors (Lipinski definition) is 6. The average molecular weight is 320 g/mol. The maximum absolute atomic E-state index is 12.0. The van der Waals surface area contributed by atoms with E-state index in [0.29, 0.717) is 0 Å². The quantitative estimate of drug-likeness (QED) is 0.785. The van der Waals surface area contributed by atoms with Gasteiger partial charge < -0.3 is 9.47 Å². The van der Waals surface area contributed by atoms with Crippen LogP contribution in [0.4, 0.5) is 0 Å². The number of hydrogen-bond donors (Lipinski definition) is 0. The van der Waals surface area contributed by atoms with Crippen LogP contribution >= 0.6 is 0 Å². The molecule has 0 aliphatic heterocycles. The highest BCUT2D eigenvalue weighted by Crippen LogP contribution is 2.11. The molecule has 2 aromatic carbocycles. The van der Waals surface area contributed by atoms with Crippen molar-refractivity contribution in [2.45, 2.75) is 12.2 Å². The van der Waals surface area contributed by atoms with Crippen molar-refractivity contribution < 1.29 is 19.1 Å². The third-order valence-electron chi connectivity index (χ3n) is 3.02. The average Bonchev–Trinajstić information content (AvgIpc) is 2.65. The first-order valence-electron chi connectivity index (χ1n) is 6.97. The predicted molar refractivity (Wildman–Crippen MR) is 82.5 cm³/mol. The highest BCUT2D eigenvalue weighted by Gasteiger charge is 2.29. The van der Waals surface area contributed by atoms with Crippen LogP contribution in [0.2, 0.25) is 0 Å². The Hall–Kier alpha value is -3.64. The summed E-state index contributed by atoms with van der Waals surface area (Å²) in [6, 6.07) is 19.3. The molecule has 2 atom stereocenters. The lowest BCUT2D eigenvalue weighted by molar-refractivity contribution is -0.00336. The van der Waals surface area contributed by atoms with Gasteiger partial charge in [-0.3, -0.25) is 0 Å². The molecule has 0 spiro atoms. The van der Waals surface area contributed by atoms with Gasteiger partial charge in [0.15, 0.2) is 0 Å². The van der Waals surface area contributed by atoms with Crippen LogP contribution in [0.15, 0.2) is 60.7 Å². The summed E-state index contributed by atoms with van der Waals surface area (Å²) in [5.74, 6) is -1.56. The van der Waals surface area contributed by atoms with E-state index < -0.39 is 24.1 Å². The van der Waals surface area contributed by atoms with Gasteiger partial charge in [0, 0.05) is 0 Å². The summed E-state index contributed by atoms with van der Waals surface area (Å²) in [5, 5.41) is 18.3. The number of carbonyl (C=O) groups excluding carboxylic acids is 2. The van der Waals surface area contributed by atoms with Crippen molar-refractivity contribution in [1.29, 1.82) is 10.5 Å². The molecule has 0 aromatic heterocycles. The molecule has 6 nitrogen and oxygen atoms in total. The molecule has 24 heavy (non-hydrogen) atoms. The molecule has 2 rings (SSSR count). The van der Waals surface area contributed by atoms with Crippen molar-refractivity contribution in [1.82, 2.24) is 0 Å². The van der Waals surface area contributed by atoms with Crippen LogP contribution < -0.4 is 0 Å². The lowest BCUT2D eigenvalue weighted by atomic mass is 10.2. The summed E-state index contributed by atoms with van der Waals surface area (Å²) in [5.41, 5.74) is 0.452. The molecule has 0 amide bonds. The summed E-state index contributed by atoms with van der Waals surface area (Å²) in [6.07, 6.45) is -3.06. The Morgan fingerprint density at radius 3 is 1.33 bits per heavy atom. The van der Waals surface area contributed by atoms with Crippen LogP contribution in [-0.4, -0.2) is 24.1 Å². The Bertz CT molecular complexity index is 722. The molecule has 0 saturated carbocycles. The van der Waals surface area contributed by atoms with E-state index in [2.05, 4.69) is 0 Å². The Balaban J connectivity index is 2.07. The normalized spacial score (nSPS) is 12.1. The molecular weight excluding hydrogens is 308 g/mol. The molecule has 2 aromatic rings. The van der Waals surface area contributed by atoms with Crippen molar-refractivity contribution in [3.63, 3.8) is 0 Å². The molecule has 0 aliphatic carbocycles. The Morgan fingerprint density at radius 2 is 1.04 bits per heavy atom. The largest absolute Gasteiger partial charge is 0.438 e. The minimum atomic E-state index is -1.53. The van der Waals surface area contributed by atoms with E-state index in [1.165, 1.54) is 24.3 Å². The lowest BCUT2D eigenvalue weighted by Crippen LogP contribution is -2.33. The minimum Gasteiger partial charge on any atom is -0.438 e. The number of rotatable bonds is 5. The van der Waals surface area contributed by atoms with E-state index in [1.807, 2.05) is 0 Å². The Kier molecular flexibility index (Phi) is 5.65. The number of esters is 2. The van der Waals surface area contributed by atoms with Gasteiger partial charge in [-0.15, -0.1) is 0 Å². The van der Waals surface area contributed by atoms with E-state index in [-0.39, 0.29) is 11.1 Å². The molecular formula is C18H12N2O4. The van der Waals surface area contributed by atoms with Gasteiger partial charge in [-0.25, -0.2) is 9.59 Å². The fourth-order valence-electron chi connectivity index (χ4n) is 1.83. The smallest absolute Gasteiger partial charge is 0.339 e. The fraction of sp³-hybridized carbons (Fsp3) is 0.111. The molecule has 0 heterocycles. The zero-order valence-electron chi connectivity index (χ0n) is 12.5. The van der Waals surface area contributed by atoms with Crippen LogP contribution in [0.25, 0.3) is 0 Å². The van der Waals surface area contributed by atoms with Gasteiger partial charge in [0.1, 0.15) is 12.1 Å². The maximum Gasteiger partial charge on any atom is 0.339 e. The van der Waals surface area contributed by atoms with Crippen LogP contribution in [-0.2, 0) is 9.47 Å². The summed E-state index contributed by atoms with van der Waals surface area (Å²) < 4.78 is 9.95. The number of carbonyl (C=O) groups is 2. The van der Waals surface area contributed by atoms with Crippen LogP contribution in [0.3, 0.4) is 0 Å². The second-order valence-corrected chi connectivity index (χ2v) is 4.64. The summed E-state index contributed by atoms with van der Waals surface area (Å²) in [6.45, 7) is 0. The fourth-order valence-corrected chi connectivity index (χ4v) is 1.83. The molecule has 0 fully saturated rings. The summed E-state index contributed by atoms with van der Waals surface area (Å²) in [4.78, 5) is 23.9. The highest BCUT2D eigenvalue weighted by atomic mass is 16.6. The van der Waals surface area contributed by atoms with E-state index in [9.17, 15) is 9.59 Å². The minimum absolute atomic E-state index is 0.226. The standard InChI is InChI=1S/C18H12N2O4/c19-11-15(23-17(21)13-7-3-1-4-8-13)16(12-20)24-18(22)14-9-5-2-6-10-14/h1-10,15-16H/t15-,16+. The van der Waals surface area contributed by atoms with Crippen molar-refractivity contribution in [2.75, 3.05) is 0 Å². The van der Waals surface area contributed by atoms with Gasteiger partial charge in [-0.1, -0.05) is 36.4 Å². The van der Waals surface area contributed by atoms with Crippen LogP contribution in [0.1, 0.15) is 20.7 Å². The second-order valence-electron chi connectivity index (χ2n) is 4.64. The molecule has 0 bridgehead atoms. The van der Waals surface area contributed by atoms with E-state index in [0.717, 1.165) is 0 Å². The Labute approximate surface area is 138 Å². The van der Waals surface area contributed by atoms with Crippen LogP contribution in [0.5, 0.6) is 0 Å². The van der Waals surface area contributed by atoms with Crippen molar-refractivity contribution in [3.05, 3.63) is 71.8 Å². The van der Waals surface area contributed by atoms with Gasteiger partial charge in [-0.05, 0) is 24.3 Å². The first kappa shape index (κ1) is 16.7. The lowest BCUT2D eigenvalue weighted by Gasteiger charge is -2.16. The van der Waals surface area contributed by atoms with Crippen molar-refractivity contribution >= 4 is 11.9 Å². The summed E-state index contributed by atoms with van der Waals surface area (Å²) in [7, 11) is 0. The van der Waals surface area contributed by atoms with Gasteiger partial charge in [0.2, 0.25) is 12.2 Å². The zero-order valence-corrected chi connectivity index (χ0v) is 12.5. The van der Waals surface area contributed by atoms with Crippen LogP contribution in [0, 0.1) is 22.7 Å². The highest BCUT2D eigenvalue weighted by molar-refractivity contribution is 5.90. The van der Waals surface area contributed by atoms with Gasteiger partial charge in [-0.2, -0.15) is 10.5 Å². The number of nitrogens with zero attached hydrogens (tertiary/aromatic N) is 2. The molecule has 0 radical (unpaired) electrons. The van der Waals surface area contributed by atoms with E-state index >= 15 is 0 Å². The molecule has 0 saturated heterocycles. The molecule has 6 heteroatoms. The molecule has 0 aliphatic rings. The SMILES string of the molecule is N#C[C@H](OC(=O)c1ccccc1)[C@@H](C#N)OC(=O)c1ccccc1. The topological polar surface area (TPSA) is 100 Å². The molecule has 0 unspecified atom stereocenters. The number of nitriles is 2. The van der Waals surface area contributed by atoms with E-state index in [1.54, 1.807) is 48.5 Å². The molecule has 0 N–H and O–H groups in total. The monoisotopic (exact) mass is 320 g/mol. The number of ether oxygens (including phenoxy) is 2. The molecule has 118 valence electrons. The van der Waals surface area contributed by atoms with Crippen molar-refractivity contribution in [3.8, 4) is 12.1 Å².